The first-order chi connectivity index (χ1) is 10.5. The van der Waals surface area contributed by atoms with Gasteiger partial charge in [0.25, 0.3) is 11.8 Å². The molecule has 1 aliphatic heterocycles. The van der Waals surface area contributed by atoms with Crippen molar-refractivity contribution < 1.29 is 14.3 Å². The molecule has 2 amide bonds. The number of ether oxygens (including phenoxy) is 1. The van der Waals surface area contributed by atoms with E-state index in [0.717, 1.165) is 21.8 Å². The second kappa shape index (κ2) is 5.46. The molecule has 1 aromatic carbocycles. The maximum absolute atomic E-state index is 12.4. The van der Waals surface area contributed by atoms with E-state index in [1.165, 1.54) is 11.3 Å². The molecule has 0 radical (unpaired) electrons. The molecule has 1 aromatic heterocycles. The van der Waals surface area contributed by atoms with Gasteiger partial charge in [-0.25, -0.2) is 0 Å². The third-order valence-corrected chi connectivity index (χ3v) is 4.93. The Labute approximate surface area is 132 Å². The first kappa shape index (κ1) is 14.6. The van der Waals surface area contributed by atoms with Gasteiger partial charge in [0.05, 0.1) is 5.56 Å². The quantitative estimate of drug-likeness (QED) is 0.912. The Kier molecular flexibility index (Phi) is 3.62. The SMILES string of the molecule is Cc1sc(NC(=O)[C@H]2Cc3ccccc3O2)c(C(N)=O)c1C. The summed E-state index contributed by atoms with van der Waals surface area (Å²) < 4.78 is 5.65. The van der Waals surface area contributed by atoms with Crippen LogP contribution in [0.25, 0.3) is 0 Å². The van der Waals surface area contributed by atoms with Crippen molar-refractivity contribution in [2.45, 2.75) is 26.4 Å². The fraction of sp³-hybridized carbons (Fsp3) is 0.250. The molecule has 6 heteroatoms. The van der Waals surface area contributed by atoms with Gasteiger partial charge in [0.15, 0.2) is 6.10 Å². The summed E-state index contributed by atoms with van der Waals surface area (Å²) in [6.45, 7) is 3.72. The number of carbonyl (C=O) groups is 2. The van der Waals surface area contributed by atoms with Gasteiger partial charge in [0, 0.05) is 11.3 Å². The van der Waals surface area contributed by atoms with Crippen molar-refractivity contribution in [3.8, 4) is 5.75 Å². The van der Waals surface area contributed by atoms with Crippen LogP contribution in [-0.4, -0.2) is 17.9 Å². The Morgan fingerprint density at radius 2 is 2.05 bits per heavy atom. The number of rotatable bonds is 3. The van der Waals surface area contributed by atoms with Gasteiger partial charge in [-0.3, -0.25) is 9.59 Å². The number of benzene rings is 1. The minimum absolute atomic E-state index is 0.264. The number of aryl methyl sites for hydroxylation is 1. The average molecular weight is 316 g/mol. The maximum Gasteiger partial charge on any atom is 0.266 e. The van der Waals surface area contributed by atoms with E-state index in [0.29, 0.717) is 17.0 Å². The predicted octanol–water partition coefficient (Wildman–Crippen LogP) is 2.41. The third-order valence-electron chi connectivity index (χ3n) is 3.81. The van der Waals surface area contributed by atoms with Crippen LogP contribution in [-0.2, 0) is 11.2 Å². The lowest BCUT2D eigenvalue weighted by molar-refractivity contribution is -0.122. The number of hydrogen-bond acceptors (Lipinski definition) is 4. The normalized spacial score (nSPS) is 16.0. The van der Waals surface area contributed by atoms with Crippen molar-refractivity contribution in [1.82, 2.24) is 0 Å². The van der Waals surface area contributed by atoms with E-state index >= 15 is 0 Å². The van der Waals surface area contributed by atoms with Crippen molar-refractivity contribution in [3.63, 3.8) is 0 Å². The highest BCUT2D eigenvalue weighted by atomic mass is 32.1. The van der Waals surface area contributed by atoms with E-state index in [2.05, 4.69) is 5.32 Å². The molecule has 2 heterocycles. The van der Waals surface area contributed by atoms with Crippen LogP contribution in [0.5, 0.6) is 5.75 Å². The molecular weight excluding hydrogens is 300 g/mol. The Morgan fingerprint density at radius 1 is 1.32 bits per heavy atom. The number of nitrogens with two attached hydrogens (primary N) is 1. The molecule has 114 valence electrons. The standard InChI is InChI=1S/C16H16N2O3S/c1-8-9(2)22-16(13(8)14(17)19)18-15(20)12-7-10-5-3-4-6-11(10)21-12/h3-6,12H,7H2,1-2H3,(H2,17,19)(H,18,20)/t12-/m1/s1. The van der Waals surface area contributed by atoms with Gasteiger partial charge in [-0.2, -0.15) is 0 Å². The van der Waals surface area contributed by atoms with Crippen LogP contribution in [0.4, 0.5) is 5.00 Å². The lowest BCUT2D eigenvalue weighted by Gasteiger charge is -2.11. The lowest BCUT2D eigenvalue weighted by atomic mass is 10.1. The molecule has 0 saturated heterocycles. The van der Waals surface area contributed by atoms with E-state index in [-0.39, 0.29) is 5.91 Å². The first-order valence-electron chi connectivity index (χ1n) is 6.92. The Hall–Kier alpha value is -2.34. The minimum atomic E-state index is -0.583. The van der Waals surface area contributed by atoms with Crippen LogP contribution in [0.1, 0.15) is 26.4 Å². The zero-order valence-corrected chi connectivity index (χ0v) is 13.1. The summed E-state index contributed by atoms with van der Waals surface area (Å²) in [6, 6.07) is 7.57. The number of para-hydroxylation sites is 1. The number of hydrogen-bond donors (Lipinski definition) is 2. The van der Waals surface area contributed by atoms with Crippen LogP contribution >= 0.6 is 11.3 Å². The van der Waals surface area contributed by atoms with E-state index in [9.17, 15) is 9.59 Å². The van der Waals surface area contributed by atoms with Crippen molar-refractivity contribution >= 4 is 28.2 Å². The fourth-order valence-corrected chi connectivity index (χ4v) is 3.60. The number of carbonyl (C=O) groups excluding carboxylic acids is 2. The van der Waals surface area contributed by atoms with Gasteiger partial charge in [-0.05, 0) is 31.0 Å². The monoisotopic (exact) mass is 316 g/mol. The summed E-state index contributed by atoms with van der Waals surface area (Å²) >= 11 is 1.35. The van der Waals surface area contributed by atoms with E-state index in [1.807, 2.05) is 38.1 Å². The Bertz CT molecular complexity index is 742. The third kappa shape index (κ3) is 2.46. The number of fused-ring (bicyclic) bond motifs is 1. The van der Waals surface area contributed by atoms with Gasteiger partial charge < -0.3 is 15.8 Å². The second-order valence-electron chi connectivity index (χ2n) is 5.26. The van der Waals surface area contributed by atoms with Crippen LogP contribution in [0, 0.1) is 13.8 Å². The van der Waals surface area contributed by atoms with E-state index in [1.54, 1.807) is 0 Å². The van der Waals surface area contributed by atoms with Crippen molar-refractivity contribution in [2.75, 3.05) is 5.32 Å². The molecule has 0 saturated carbocycles. The molecule has 1 atom stereocenters. The number of anilines is 1. The van der Waals surface area contributed by atoms with Crippen LogP contribution in [0.3, 0.4) is 0 Å². The average Bonchev–Trinajstić information content (AvgIpc) is 3.01. The molecule has 0 fully saturated rings. The number of nitrogens with one attached hydrogen (secondary N) is 1. The number of amides is 2. The molecule has 3 rings (SSSR count). The van der Waals surface area contributed by atoms with Crippen LogP contribution in [0.2, 0.25) is 0 Å². The molecule has 0 aliphatic carbocycles. The second-order valence-corrected chi connectivity index (χ2v) is 6.48. The zero-order chi connectivity index (χ0) is 15.9. The summed E-state index contributed by atoms with van der Waals surface area (Å²) in [5.74, 6) is -0.0657. The zero-order valence-electron chi connectivity index (χ0n) is 12.3. The molecule has 0 bridgehead atoms. The highest BCUT2D eigenvalue weighted by Gasteiger charge is 2.30. The van der Waals surface area contributed by atoms with Gasteiger partial charge in [0.1, 0.15) is 10.8 Å². The highest BCUT2D eigenvalue weighted by molar-refractivity contribution is 7.16. The van der Waals surface area contributed by atoms with Crippen molar-refractivity contribution in [1.29, 1.82) is 0 Å². The van der Waals surface area contributed by atoms with Gasteiger partial charge in [0.2, 0.25) is 0 Å². The summed E-state index contributed by atoms with van der Waals surface area (Å²) in [6.07, 6.45) is -0.0575. The van der Waals surface area contributed by atoms with Crippen molar-refractivity contribution in [3.05, 3.63) is 45.8 Å². The van der Waals surface area contributed by atoms with Crippen LogP contribution < -0.4 is 15.8 Å². The molecule has 3 N–H and O–H groups in total. The van der Waals surface area contributed by atoms with Crippen LogP contribution in [0.15, 0.2) is 24.3 Å². The lowest BCUT2D eigenvalue weighted by Crippen LogP contribution is -2.31. The van der Waals surface area contributed by atoms with Gasteiger partial charge in [-0.1, -0.05) is 18.2 Å². The summed E-state index contributed by atoms with van der Waals surface area (Å²) in [5, 5.41) is 3.28. The largest absolute Gasteiger partial charge is 0.480 e. The minimum Gasteiger partial charge on any atom is -0.480 e. The van der Waals surface area contributed by atoms with Gasteiger partial charge >= 0.3 is 0 Å². The fourth-order valence-electron chi connectivity index (χ4n) is 2.53. The maximum atomic E-state index is 12.4. The smallest absolute Gasteiger partial charge is 0.266 e. The summed E-state index contributed by atoms with van der Waals surface area (Å²) in [7, 11) is 0. The topological polar surface area (TPSA) is 81.4 Å². The van der Waals surface area contributed by atoms with Crippen molar-refractivity contribution in [2.24, 2.45) is 5.73 Å². The highest BCUT2D eigenvalue weighted by Crippen LogP contribution is 2.33. The molecular formula is C16H16N2O3S. The molecule has 0 unspecified atom stereocenters. The van der Waals surface area contributed by atoms with E-state index < -0.39 is 12.0 Å². The number of primary amides is 1. The van der Waals surface area contributed by atoms with Gasteiger partial charge in [-0.15, -0.1) is 11.3 Å². The molecule has 1 aliphatic rings. The molecule has 22 heavy (non-hydrogen) atoms. The molecule has 5 nitrogen and oxygen atoms in total. The molecule has 0 spiro atoms. The Balaban J connectivity index is 1.79. The predicted molar refractivity (Wildman–Crippen MR) is 85.5 cm³/mol. The first-order valence-corrected chi connectivity index (χ1v) is 7.74. The number of thiophene rings is 1. The van der Waals surface area contributed by atoms with E-state index in [4.69, 9.17) is 10.5 Å². The molecule has 2 aromatic rings. The Morgan fingerprint density at radius 3 is 2.73 bits per heavy atom. The summed E-state index contributed by atoms with van der Waals surface area (Å²) in [4.78, 5) is 24.9. The summed E-state index contributed by atoms with van der Waals surface area (Å²) in [5.41, 5.74) is 7.61.